The fourth-order valence-corrected chi connectivity index (χ4v) is 7.34. The van der Waals surface area contributed by atoms with Gasteiger partial charge in [-0.3, -0.25) is 4.79 Å². The number of thioether (sulfide) groups is 1. The molecule has 0 aliphatic heterocycles. The lowest BCUT2D eigenvalue weighted by Gasteiger charge is -2.59. The second-order valence-electron chi connectivity index (χ2n) is 9.77. The van der Waals surface area contributed by atoms with Gasteiger partial charge in [-0.05, 0) is 87.2 Å². The minimum absolute atomic E-state index is 0.188. The molecule has 0 aromatic carbocycles. The summed E-state index contributed by atoms with van der Waals surface area (Å²) in [7, 11) is 0. The van der Waals surface area contributed by atoms with Gasteiger partial charge in [0.25, 0.3) is 0 Å². The summed E-state index contributed by atoms with van der Waals surface area (Å²) in [6.45, 7) is 4.35. The zero-order valence-electron chi connectivity index (χ0n) is 17.0. The van der Waals surface area contributed by atoms with E-state index in [2.05, 4.69) is 47.0 Å². The van der Waals surface area contributed by atoms with E-state index in [0.717, 1.165) is 34.8 Å². The van der Waals surface area contributed by atoms with E-state index in [4.69, 9.17) is 0 Å². The van der Waals surface area contributed by atoms with Crippen molar-refractivity contribution in [2.24, 2.45) is 23.2 Å². The predicted octanol–water partition coefficient (Wildman–Crippen LogP) is 4.60. The summed E-state index contributed by atoms with van der Waals surface area (Å²) in [5, 5.41) is 3.37. The van der Waals surface area contributed by atoms with Gasteiger partial charge >= 0.3 is 0 Å². The first kappa shape index (κ1) is 18.5. The number of aryl methyl sites for hydroxylation is 1. The fraction of sp³-hybridized carbons (Fsp3) is 0.652. The molecule has 5 heteroatoms. The second kappa shape index (κ2) is 7.08. The molecular formula is C23H31N3OS. The van der Waals surface area contributed by atoms with E-state index in [1.807, 2.05) is 6.07 Å². The van der Waals surface area contributed by atoms with E-state index in [9.17, 15) is 4.79 Å². The maximum absolute atomic E-state index is 12.6. The number of amides is 1. The number of fused-ring (bicyclic) bond motifs is 1. The number of rotatable bonds is 6. The van der Waals surface area contributed by atoms with Crippen LogP contribution in [0.5, 0.6) is 0 Å². The topological polar surface area (TPSA) is 46.4 Å². The molecule has 4 aliphatic rings. The highest BCUT2D eigenvalue weighted by Crippen LogP contribution is 2.61. The first-order valence-electron chi connectivity index (χ1n) is 10.8. The molecule has 4 nitrogen and oxygen atoms in total. The number of hydrogen-bond donors (Lipinski definition) is 1. The van der Waals surface area contributed by atoms with Crippen molar-refractivity contribution in [2.75, 3.05) is 5.75 Å². The molecule has 28 heavy (non-hydrogen) atoms. The summed E-state index contributed by atoms with van der Waals surface area (Å²) in [5.41, 5.74) is 3.62. The van der Waals surface area contributed by atoms with Crippen LogP contribution >= 0.6 is 11.8 Å². The lowest BCUT2D eigenvalue weighted by molar-refractivity contribution is -0.123. The zero-order valence-corrected chi connectivity index (χ0v) is 17.8. The Bertz CT molecular complexity index is 854. The normalized spacial score (nSPS) is 32.0. The first-order chi connectivity index (χ1) is 13.5. The average molecular weight is 398 g/mol. The molecule has 0 unspecified atom stereocenters. The van der Waals surface area contributed by atoms with Crippen LogP contribution in [-0.4, -0.2) is 27.1 Å². The Hall–Kier alpha value is -1.49. The fourth-order valence-electron chi connectivity index (χ4n) is 6.62. The third-order valence-corrected chi connectivity index (χ3v) is 8.48. The third kappa shape index (κ3) is 3.47. The number of nitrogens with one attached hydrogen (secondary N) is 1. The van der Waals surface area contributed by atoms with Gasteiger partial charge < -0.3 is 9.72 Å². The number of carbonyl (C=O) groups is 1. The summed E-state index contributed by atoms with van der Waals surface area (Å²) < 4.78 is 2.07. The Morgan fingerprint density at radius 3 is 2.57 bits per heavy atom. The van der Waals surface area contributed by atoms with Crippen molar-refractivity contribution in [3.63, 3.8) is 0 Å². The van der Waals surface area contributed by atoms with E-state index in [0.29, 0.717) is 17.2 Å². The molecule has 2 aromatic rings. The number of aromatic nitrogens is 2. The van der Waals surface area contributed by atoms with Gasteiger partial charge in [-0.2, -0.15) is 0 Å². The molecular weight excluding hydrogens is 366 g/mol. The van der Waals surface area contributed by atoms with Gasteiger partial charge in [0, 0.05) is 24.2 Å². The summed E-state index contributed by atoms with van der Waals surface area (Å²) >= 11 is 1.67. The van der Waals surface area contributed by atoms with E-state index in [1.165, 1.54) is 44.1 Å². The molecule has 6 rings (SSSR count). The maximum atomic E-state index is 12.6. The smallest absolute Gasteiger partial charge is 0.230 e. The quantitative estimate of drug-likeness (QED) is 0.775. The van der Waals surface area contributed by atoms with E-state index >= 15 is 0 Å². The molecule has 4 bridgehead atoms. The Labute approximate surface area is 171 Å². The van der Waals surface area contributed by atoms with Crippen molar-refractivity contribution >= 4 is 23.3 Å². The van der Waals surface area contributed by atoms with Crippen LogP contribution in [0.3, 0.4) is 0 Å². The molecule has 4 aliphatic carbocycles. The Morgan fingerprint density at radius 2 is 1.89 bits per heavy atom. The van der Waals surface area contributed by atoms with Gasteiger partial charge in [0.15, 0.2) is 0 Å². The van der Waals surface area contributed by atoms with Gasteiger partial charge in [-0.15, -0.1) is 11.8 Å². The molecule has 0 spiro atoms. The number of carbonyl (C=O) groups excluding carboxylic acids is 1. The van der Waals surface area contributed by atoms with Crippen LogP contribution in [0.1, 0.15) is 56.7 Å². The van der Waals surface area contributed by atoms with Crippen molar-refractivity contribution < 1.29 is 4.79 Å². The monoisotopic (exact) mass is 397 g/mol. The molecule has 0 radical (unpaired) electrons. The van der Waals surface area contributed by atoms with E-state index < -0.39 is 0 Å². The molecule has 1 N–H and O–H groups in total. The van der Waals surface area contributed by atoms with Crippen molar-refractivity contribution in [3.05, 3.63) is 35.8 Å². The highest BCUT2D eigenvalue weighted by atomic mass is 32.2. The lowest BCUT2D eigenvalue weighted by atomic mass is 9.48. The summed E-state index contributed by atoms with van der Waals surface area (Å²) in [6, 6.07) is 4.44. The summed E-state index contributed by atoms with van der Waals surface area (Å²) in [4.78, 5) is 17.2. The Balaban J connectivity index is 1.14. The average Bonchev–Trinajstić information content (AvgIpc) is 3.02. The third-order valence-electron chi connectivity index (χ3n) is 7.51. The van der Waals surface area contributed by atoms with Crippen LogP contribution in [0, 0.1) is 30.1 Å². The Morgan fingerprint density at radius 1 is 1.21 bits per heavy atom. The molecule has 4 fully saturated rings. The largest absolute Gasteiger partial charge is 0.352 e. The predicted molar refractivity (Wildman–Crippen MR) is 114 cm³/mol. The Kier molecular flexibility index (Phi) is 4.69. The van der Waals surface area contributed by atoms with Gasteiger partial charge in [-0.1, -0.05) is 6.07 Å². The highest BCUT2D eigenvalue weighted by molar-refractivity contribution is 7.99. The van der Waals surface area contributed by atoms with Crippen LogP contribution in [-0.2, 0) is 10.5 Å². The van der Waals surface area contributed by atoms with Crippen molar-refractivity contribution in [1.29, 1.82) is 0 Å². The van der Waals surface area contributed by atoms with Crippen molar-refractivity contribution in [3.8, 4) is 0 Å². The molecule has 0 saturated heterocycles. The van der Waals surface area contributed by atoms with Gasteiger partial charge in [0.2, 0.25) is 5.91 Å². The molecule has 2 heterocycles. The van der Waals surface area contributed by atoms with Gasteiger partial charge in [0.1, 0.15) is 5.65 Å². The zero-order chi connectivity index (χ0) is 19.3. The number of pyridine rings is 1. The minimum atomic E-state index is 0.188. The van der Waals surface area contributed by atoms with Crippen LogP contribution < -0.4 is 5.32 Å². The van der Waals surface area contributed by atoms with E-state index in [1.54, 1.807) is 11.8 Å². The van der Waals surface area contributed by atoms with Gasteiger partial charge in [-0.25, -0.2) is 4.98 Å². The number of hydrogen-bond acceptors (Lipinski definition) is 3. The van der Waals surface area contributed by atoms with Crippen LogP contribution in [0.25, 0.3) is 5.65 Å². The van der Waals surface area contributed by atoms with Crippen molar-refractivity contribution in [2.45, 2.75) is 64.2 Å². The summed E-state index contributed by atoms with van der Waals surface area (Å²) in [6.07, 6.45) is 12.6. The molecule has 1 atom stereocenters. The molecule has 4 saturated carbocycles. The molecule has 150 valence electrons. The van der Waals surface area contributed by atoms with E-state index in [-0.39, 0.29) is 5.91 Å². The minimum Gasteiger partial charge on any atom is -0.352 e. The van der Waals surface area contributed by atoms with Crippen LogP contribution in [0.15, 0.2) is 24.5 Å². The maximum Gasteiger partial charge on any atom is 0.230 e. The number of imidazole rings is 1. The molecule has 2 aromatic heterocycles. The number of nitrogens with zero attached hydrogens (tertiary/aromatic N) is 2. The van der Waals surface area contributed by atoms with Crippen LogP contribution in [0.2, 0.25) is 0 Å². The second-order valence-corrected chi connectivity index (χ2v) is 10.8. The van der Waals surface area contributed by atoms with Gasteiger partial charge in [0.05, 0.1) is 11.4 Å². The highest BCUT2D eigenvalue weighted by Gasteiger charge is 2.53. The lowest BCUT2D eigenvalue weighted by Crippen LogP contribution is -2.56. The standard InChI is InChI=1S/C23H31N3OS/c1-15-3-4-21-25-20(12-26(21)11-15)13-28-14-22(27)24-16(2)23-8-17-5-18(9-23)7-19(6-17)10-23/h3-4,11-12,16-19H,5-10,13-14H2,1-2H3,(H,24,27)/t16-,17?,18?,19?,23?/m1/s1. The molecule has 1 amide bonds. The summed E-state index contributed by atoms with van der Waals surface area (Å²) in [5.74, 6) is 4.27. The first-order valence-corrected chi connectivity index (χ1v) is 12.0. The van der Waals surface area contributed by atoms with Crippen molar-refractivity contribution in [1.82, 2.24) is 14.7 Å². The van der Waals surface area contributed by atoms with Crippen LogP contribution in [0.4, 0.5) is 0 Å². The SMILES string of the molecule is Cc1ccc2nc(CSCC(=O)N[C@H](C)C34CC5CC(CC(C5)C3)C4)cn2c1.